The van der Waals surface area contributed by atoms with E-state index in [1.807, 2.05) is 25.1 Å². The summed E-state index contributed by atoms with van der Waals surface area (Å²) in [4.78, 5) is 19.7. The fraction of sp³-hybridized carbons (Fsp3) is 0.0667. The molecule has 1 aromatic heterocycles. The normalized spacial score (nSPS) is 10.8. The Hall–Kier alpha value is -2.34. The van der Waals surface area contributed by atoms with E-state index in [0.717, 1.165) is 21.3 Å². The lowest BCUT2D eigenvalue weighted by atomic mass is 10.2. The van der Waals surface area contributed by atoms with Crippen LogP contribution in [-0.4, -0.2) is 15.9 Å². The standard InChI is InChI=1S/C15H13BrN4O/c1-8-18-13-5-3-10(7-14(13)19-8)20-15(21)9-2-4-11(16)12(17)6-9/h2-7H,17H2,1H3,(H,18,19)(H,20,21). The molecule has 0 bridgehead atoms. The smallest absolute Gasteiger partial charge is 0.255 e. The van der Waals surface area contributed by atoms with Gasteiger partial charge in [0.05, 0.1) is 11.0 Å². The minimum Gasteiger partial charge on any atom is -0.398 e. The lowest BCUT2D eigenvalue weighted by molar-refractivity contribution is 0.102. The van der Waals surface area contributed by atoms with E-state index in [1.54, 1.807) is 18.2 Å². The maximum atomic E-state index is 12.2. The number of imidazole rings is 1. The van der Waals surface area contributed by atoms with Crippen molar-refractivity contribution >= 4 is 44.2 Å². The van der Waals surface area contributed by atoms with Gasteiger partial charge in [0, 0.05) is 21.4 Å². The molecule has 0 fully saturated rings. The van der Waals surface area contributed by atoms with Crippen LogP contribution >= 0.6 is 15.9 Å². The van der Waals surface area contributed by atoms with Gasteiger partial charge in [-0.3, -0.25) is 4.79 Å². The van der Waals surface area contributed by atoms with Crippen molar-refractivity contribution in [3.05, 3.63) is 52.3 Å². The molecule has 1 heterocycles. The molecule has 0 saturated heterocycles. The third kappa shape index (κ3) is 2.75. The number of rotatable bonds is 2. The first-order valence-corrected chi connectivity index (χ1v) is 7.15. The second-order valence-corrected chi connectivity index (χ2v) is 5.60. The number of nitrogens with one attached hydrogen (secondary N) is 2. The van der Waals surface area contributed by atoms with Gasteiger partial charge in [0.2, 0.25) is 0 Å². The van der Waals surface area contributed by atoms with Gasteiger partial charge in [0.25, 0.3) is 5.91 Å². The van der Waals surface area contributed by atoms with Gasteiger partial charge in [-0.25, -0.2) is 4.98 Å². The minimum atomic E-state index is -0.204. The number of anilines is 2. The number of nitrogen functional groups attached to an aromatic ring is 1. The number of fused-ring (bicyclic) bond motifs is 1. The Bertz CT molecular complexity index is 841. The van der Waals surface area contributed by atoms with Crippen molar-refractivity contribution in [3.8, 4) is 0 Å². The van der Waals surface area contributed by atoms with E-state index in [9.17, 15) is 4.79 Å². The number of carbonyl (C=O) groups is 1. The number of aromatic amines is 1. The molecule has 3 rings (SSSR count). The first-order valence-electron chi connectivity index (χ1n) is 6.36. The van der Waals surface area contributed by atoms with Crippen LogP contribution in [0.1, 0.15) is 16.2 Å². The summed E-state index contributed by atoms with van der Waals surface area (Å²) in [7, 11) is 0. The van der Waals surface area contributed by atoms with Crippen molar-refractivity contribution in [2.75, 3.05) is 11.1 Å². The molecule has 3 aromatic rings. The van der Waals surface area contributed by atoms with Gasteiger partial charge in [0.1, 0.15) is 5.82 Å². The highest BCUT2D eigenvalue weighted by molar-refractivity contribution is 9.10. The number of nitrogens with zero attached hydrogens (tertiary/aromatic N) is 1. The van der Waals surface area contributed by atoms with Crippen LogP contribution in [-0.2, 0) is 0 Å². The molecule has 0 radical (unpaired) electrons. The summed E-state index contributed by atoms with van der Waals surface area (Å²) in [5.41, 5.74) is 9.30. The first-order chi connectivity index (χ1) is 10.0. The highest BCUT2D eigenvalue weighted by atomic mass is 79.9. The zero-order valence-corrected chi connectivity index (χ0v) is 12.9. The van der Waals surface area contributed by atoms with Crippen LogP contribution in [0.5, 0.6) is 0 Å². The molecule has 0 unspecified atom stereocenters. The second-order valence-electron chi connectivity index (χ2n) is 4.74. The Labute approximate surface area is 129 Å². The number of halogens is 1. The average Bonchev–Trinajstić information content (AvgIpc) is 2.81. The van der Waals surface area contributed by atoms with Gasteiger partial charge in [-0.1, -0.05) is 0 Å². The largest absolute Gasteiger partial charge is 0.398 e. The van der Waals surface area contributed by atoms with Gasteiger partial charge < -0.3 is 16.0 Å². The van der Waals surface area contributed by atoms with Crippen molar-refractivity contribution in [3.63, 3.8) is 0 Å². The number of carbonyl (C=O) groups excluding carboxylic acids is 1. The minimum absolute atomic E-state index is 0.204. The molecule has 0 aliphatic carbocycles. The fourth-order valence-electron chi connectivity index (χ4n) is 2.10. The summed E-state index contributed by atoms with van der Waals surface area (Å²) in [6.45, 7) is 1.89. The first kappa shape index (κ1) is 13.6. The maximum absolute atomic E-state index is 12.2. The molecule has 6 heteroatoms. The Morgan fingerprint density at radius 1 is 1.29 bits per heavy atom. The number of hydrogen-bond donors (Lipinski definition) is 3. The SMILES string of the molecule is Cc1nc2ccc(NC(=O)c3ccc(Br)c(N)c3)cc2[nH]1. The number of aryl methyl sites for hydroxylation is 1. The van der Waals surface area contributed by atoms with Crippen LogP contribution in [0.15, 0.2) is 40.9 Å². The van der Waals surface area contributed by atoms with Gasteiger partial charge >= 0.3 is 0 Å². The van der Waals surface area contributed by atoms with Crippen molar-refractivity contribution < 1.29 is 4.79 Å². The van der Waals surface area contributed by atoms with Crippen molar-refractivity contribution in [1.82, 2.24) is 9.97 Å². The average molecular weight is 345 g/mol. The van der Waals surface area contributed by atoms with E-state index in [-0.39, 0.29) is 5.91 Å². The Kier molecular flexibility index (Phi) is 3.39. The van der Waals surface area contributed by atoms with E-state index < -0.39 is 0 Å². The maximum Gasteiger partial charge on any atom is 0.255 e. The van der Waals surface area contributed by atoms with Crippen molar-refractivity contribution in [2.24, 2.45) is 0 Å². The highest BCUT2D eigenvalue weighted by Gasteiger charge is 2.09. The molecule has 0 aliphatic rings. The molecular weight excluding hydrogens is 332 g/mol. The molecule has 0 aliphatic heterocycles. The van der Waals surface area contributed by atoms with Crippen LogP contribution < -0.4 is 11.1 Å². The van der Waals surface area contributed by atoms with Crippen LogP contribution in [0.4, 0.5) is 11.4 Å². The van der Waals surface area contributed by atoms with Gasteiger partial charge in [-0.2, -0.15) is 0 Å². The van der Waals surface area contributed by atoms with Gasteiger partial charge in [0.15, 0.2) is 0 Å². The topological polar surface area (TPSA) is 83.8 Å². The monoisotopic (exact) mass is 344 g/mol. The molecule has 5 nitrogen and oxygen atoms in total. The van der Waals surface area contributed by atoms with E-state index in [4.69, 9.17) is 5.73 Å². The summed E-state index contributed by atoms with van der Waals surface area (Å²) >= 11 is 3.31. The Balaban J connectivity index is 1.86. The summed E-state index contributed by atoms with van der Waals surface area (Å²) < 4.78 is 0.772. The second kappa shape index (κ2) is 5.21. The lowest BCUT2D eigenvalue weighted by Crippen LogP contribution is -2.12. The molecule has 1 amide bonds. The predicted octanol–water partition coefficient (Wildman–Crippen LogP) is 3.47. The molecule has 106 valence electrons. The van der Waals surface area contributed by atoms with E-state index in [0.29, 0.717) is 16.9 Å². The quantitative estimate of drug-likeness (QED) is 0.622. The summed E-state index contributed by atoms with van der Waals surface area (Å²) in [5.74, 6) is 0.638. The van der Waals surface area contributed by atoms with Crippen LogP contribution in [0.25, 0.3) is 11.0 Å². The third-order valence-electron chi connectivity index (χ3n) is 3.12. The van der Waals surface area contributed by atoms with E-state index >= 15 is 0 Å². The number of hydrogen-bond acceptors (Lipinski definition) is 3. The van der Waals surface area contributed by atoms with E-state index in [1.165, 1.54) is 0 Å². The number of H-pyrrole nitrogens is 1. The molecular formula is C15H13BrN4O. The fourth-order valence-corrected chi connectivity index (χ4v) is 2.35. The summed E-state index contributed by atoms with van der Waals surface area (Å²) in [6, 6.07) is 10.7. The van der Waals surface area contributed by atoms with E-state index in [2.05, 4.69) is 31.2 Å². The predicted molar refractivity (Wildman–Crippen MR) is 87.3 cm³/mol. The zero-order chi connectivity index (χ0) is 15.0. The van der Waals surface area contributed by atoms with Gasteiger partial charge in [-0.15, -0.1) is 0 Å². The molecule has 4 N–H and O–H groups in total. The summed E-state index contributed by atoms with van der Waals surface area (Å²) in [6.07, 6.45) is 0. The van der Waals surface area contributed by atoms with Crippen LogP contribution in [0.2, 0.25) is 0 Å². The molecule has 0 saturated carbocycles. The zero-order valence-electron chi connectivity index (χ0n) is 11.3. The Morgan fingerprint density at radius 3 is 2.86 bits per heavy atom. The number of amides is 1. The van der Waals surface area contributed by atoms with Crippen LogP contribution in [0, 0.1) is 6.92 Å². The summed E-state index contributed by atoms with van der Waals surface area (Å²) in [5, 5.41) is 2.85. The van der Waals surface area contributed by atoms with Gasteiger partial charge in [-0.05, 0) is 59.3 Å². The lowest BCUT2D eigenvalue weighted by Gasteiger charge is -2.06. The molecule has 21 heavy (non-hydrogen) atoms. The third-order valence-corrected chi connectivity index (χ3v) is 3.84. The molecule has 2 aromatic carbocycles. The number of benzene rings is 2. The van der Waals surface area contributed by atoms with Crippen molar-refractivity contribution in [1.29, 1.82) is 0 Å². The molecule has 0 spiro atoms. The highest BCUT2D eigenvalue weighted by Crippen LogP contribution is 2.22. The number of aromatic nitrogens is 2. The molecule has 0 atom stereocenters. The van der Waals surface area contributed by atoms with Crippen LogP contribution in [0.3, 0.4) is 0 Å². The number of nitrogens with two attached hydrogens (primary N) is 1. The Morgan fingerprint density at radius 2 is 2.10 bits per heavy atom. The van der Waals surface area contributed by atoms with Crippen molar-refractivity contribution in [2.45, 2.75) is 6.92 Å².